The Hall–Kier alpha value is -1.62. The third kappa shape index (κ3) is 4.93. The summed E-state index contributed by atoms with van der Waals surface area (Å²) in [4.78, 5) is 4.69. The molecular weight excluding hydrogens is 322 g/mol. The number of thiazole rings is 1. The zero-order chi connectivity index (χ0) is 15.9. The number of thioether (sulfide) groups is 1. The van der Waals surface area contributed by atoms with E-state index in [1.54, 1.807) is 23.1 Å². The summed E-state index contributed by atoms with van der Waals surface area (Å²) in [5.74, 6) is 1.53. The van der Waals surface area contributed by atoms with Crippen LogP contribution in [-0.2, 0) is 12.2 Å². The number of nitrogens with zero attached hydrogens (tertiary/aromatic N) is 1. The smallest absolute Gasteiger partial charge is 0.0972 e. The molecule has 0 amide bonds. The molecule has 0 aliphatic rings. The number of aliphatic hydroxyl groups excluding tert-OH is 1. The van der Waals surface area contributed by atoms with E-state index in [1.807, 2.05) is 36.4 Å². The Balaban J connectivity index is 1.48. The zero-order valence-corrected chi connectivity index (χ0v) is 14.4. The monoisotopic (exact) mass is 341 g/mol. The first-order valence-electron chi connectivity index (χ1n) is 7.59. The SMILES string of the molecule is OC(CSCc1csc(Cc2ccccc2)n1)c1ccccc1. The summed E-state index contributed by atoms with van der Waals surface area (Å²) in [5, 5.41) is 13.4. The van der Waals surface area contributed by atoms with Crippen molar-refractivity contribution in [2.24, 2.45) is 0 Å². The van der Waals surface area contributed by atoms with Gasteiger partial charge >= 0.3 is 0 Å². The molecule has 0 bridgehead atoms. The van der Waals surface area contributed by atoms with E-state index < -0.39 is 6.10 Å². The molecule has 4 heteroatoms. The van der Waals surface area contributed by atoms with Gasteiger partial charge in [-0.05, 0) is 11.1 Å². The highest BCUT2D eigenvalue weighted by molar-refractivity contribution is 7.98. The molecular formula is C19H19NOS2. The molecule has 1 heterocycles. The molecule has 1 unspecified atom stereocenters. The van der Waals surface area contributed by atoms with E-state index in [1.165, 1.54) is 5.56 Å². The van der Waals surface area contributed by atoms with Crippen molar-refractivity contribution in [1.29, 1.82) is 0 Å². The van der Waals surface area contributed by atoms with Gasteiger partial charge < -0.3 is 5.11 Å². The molecule has 0 spiro atoms. The summed E-state index contributed by atoms with van der Waals surface area (Å²) in [6, 6.07) is 20.2. The quantitative estimate of drug-likeness (QED) is 0.676. The zero-order valence-electron chi connectivity index (χ0n) is 12.8. The number of hydrogen-bond acceptors (Lipinski definition) is 4. The minimum atomic E-state index is -0.413. The van der Waals surface area contributed by atoms with Gasteiger partial charge in [-0.2, -0.15) is 11.8 Å². The molecule has 23 heavy (non-hydrogen) atoms. The number of hydrogen-bond donors (Lipinski definition) is 1. The summed E-state index contributed by atoms with van der Waals surface area (Å²) in [7, 11) is 0. The van der Waals surface area contributed by atoms with E-state index in [0.29, 0.717) is 5.75 Å². The minimum Gasteiger partial charge on any atom is -0.388 e. The Bertz CT molecular complexity index is 713. The van der Waals surface area contributed by atoms with Crippen LogP contribution in [0.2, 0.25) is 0 Å². The Morgan fingerprint density at radius 2 is 1.70 bits per heavy atom. The molecule has 0 aliphatic heterocycles. The third-order valence-electron chi connectivity index (χ3n) is 3.51. The second-order valence-electron chi connectivity index (χ2n) is 5.34. The van der Waals surface area contributed by atoms with Crippen molar-refractivity contribution in [3.05, 3.63) is 87.9 Å². The summed E-state index contributed by atoms with van der Waals surface area (Å²) in [6.45, 7) is 0. The molecule has 2 nitrogen and oxygen atoms in total. The third-order valence-corrected chi connectivity index (χ3v) is 5.46. The first-order valence-corrected chi connectivity index (χ1v) is 9.62. The summed E-state index contributed by atoms with van der Waals surface area (Å²) >= 11 is 3.44. The Kier molecular flexibility index (Phi) is 5.86. The molecule has 2 aromatic carbocycles. The van der Waals surface area contributed by atoms with Gasteiger partial charge in [0.2, 0.25) is 0 Å². The fourth-order valence-electron chi connectivity index (χ4n) is 2.31. The molecule has 0 fully saturated rings. The predicted octanol–water partition coefficient (Wildman–Crippen LogP) is 4.70. The van der Waals surface area contributed by atoms with E-state index >= 15 is 0 Å². The van der Waals surface area contributed by atoms with Crippen molar-refractivity contribution in [2.75, 3.05) is 5.75 Å². The van der Waals surface area contributed by atoms with Gasteiger partial charge in [0.25, 0.3) is 0 Å². The lowest BCUT2D eigenvalue weighted by Gasteiger charge is -2.09. The lowest BCUT2D eigenvalue weighted by molar-refractivity contribution is 0.204. The van der Waals surface area contributed by atoms with Crippen LogP contribution in [-0.4, -0.2) is 15.8 Å². The molecule has 0 aliphatic carbocycles. The lowest BCUT2D eigenvalue weighted by atomic mass is 10.1. The van der Waals surface area contributed by atoms with Gasteiger partial charge in [-0.3, -0.25) is 0 Å². The van der Waals surface area contributed by atoms with Gasteiger partial charge in [0.15, 0.2) is 0 Å². The van der Waals surface area contributed by atoms with Crippen LogP contribution in [0.1, 0.15) is 27.9 Å². The topological polar surface area (TPSA) is 33.1 Å². The molecule has 1 atom stereocenters. The molecule has 1 N–H and O–H groups in total. The highest BCUT2D eigenvalue weighted by Gasteiger charge is 2.08. The van der Waals surface area contributed by atoms with Crippen molar-refractivity contribution >= 4 is 23.1 Å². The Morgan fingerprint density at radius 3 is 2.43 bits per heavy atom. The van der Waals surface area contributed by atoms with Crippen molar-refractivity contribution in [1.82, 2.24) is 4.98 Å². The average Bonchev–Trinajstić information content (AvgIpc) is 3.04. The lowest BCUT2D eigenvalue weighted by Crippen LogP contribution is -2.00. The summed E-state index contributed by atoms with van der Waals surface area (Å²) in [6.07, 6.45) is 0.478. The average molecular weight is 342 g/mol. The van der Waals surface area contributed by atoms with Crippen LogP contribution in [0.15, 0.2) is 66.0 Å². The molecule has 0 radical (unpaired) electrons. The predicted molar refractivity (Wildman–Crippen MR) is 98.9 cm³/mol. The van der Waals surface area contributed by atoms with Gasteiger partial charge in [0.05, 0.1) is 16.8 Å². The number of benzene rings is 2. The second-order valence-corrected chi connectivity index (χ2v) is 7.31. The number of aromatic nitrogens is 1. The van der Waals surface area contributed by atoms with Gasteiger partial charge in [-0.15, -0.1) is 11.3 Å². The molecule has 0 saturated heterocycles. The number of aliphatic hydroxyl groups is 1. The van der Waals surface area contributed by atoms with E-state index in [9.17, 15) is 5.11 Å². The van der Waals surface area contributed by atoms with E-state index in [4.69, 9.17) is 4.98 Å². The maximum Gasteiger partial charge on any atom is 0.0972 e. The Morgan fingerprint density at radius 1 is 1.00 bits per heavy atom. The largest absolute Gasteiger partial charge is 0.388 e. The van der Waals surface area contributed by atoms with Crippen molar-refractivity contribution in [3.63, 3.8) is 0 Å². The molecule has 1 aromatic heterocycles. The molecule has 3 aromatic rings. The van der Waals surface area contributed by atoms with Crippen LogP contribution < -0.4 is 0 Å². The molecule has 3 rings (SSSR count). The first kappa shape index (κ1) is 16.2. The highest BCUT2D eigenvalue weighted by atomic mass is 32.2. The number of rotatable bonds is 7. The normalized spacial score (nSPS) is 12.2. The fourth-order valence-corrected chi connectivity index (χ4v) is 4.14. The van der Waals surface area contributed by atoms with Crippen LogP contribution in [0.4, 0.5) is 0 Å². The van der Waals surface area contributed by atoms with Crippen LogP contribution in [0, 0.1) is 0 Å². The molecule has 0 saturated carbocycles. The first-order chi connectivity index (χ1) is 11.3. The van der Waals surface area contributed by atoms with E-state index in [2.05, 4.69) is 29.6 Å². The van der Waals surface area contributed by atoms with Gasteiger partial charge in [-0.1, -0.05) is 60.7 Å². The minimum absolute atomic E-state index is 0.413. The van der Waals surface area contributed by atoms with Crippen LogP contribution >= 0.6 is 23.1 Å². The van der Waals surface area contributed by atoms with Crippen molar-refractivity contribution < 1.29 is 5.11 Å². The Labute approximate surface area is 145 Å². The van der Waals surface area contributed by atoms with Crippen LogP contribution in [0.5, 0.6) is 0 Å². The highest BCUT2D eigenvalue weighted by Crippen LogP contribution is 2.22. The fraction of sp³-hybridized carbons (Fsp3) is 0.211. The summed E-state index contributed by atoms with van der Waals surface area (Å²) < 4.78 is 0. The van der Waals surface area contributed by atoms with Crippen molar-refractivity contribution in [2.45, 2.75) is 18.3 Å². The van der Waals surface area contributed by atoms with Gasteiger partial charge in [0, 0.05) is 23.3 Å². The maximum atomic E-state index is 10.2. The summed E-state index contributed by atoms with van der Waals surface area (Å²) in [5.41, 5.74) is 3.37. The van der Waals surface area contributed by atoms with E-state index in [-0.39, 0.29) is 0 Å². The standard InChI is InChI=1S/C19H19NOS2/c21-18(16-9-5-2-6-10-16)14-22-12-17-13-23-19(20-17)11-15-7-3-1-4-8-15/h1-10,13,18,21H,11-12,14H2. The van der Waals surface area contributed by atoms with Crippen LogP contribution in [0.25, 0.3) is 0 Å². The second kappa shape index (κ2) is 8.29. The van der Waals surface area contributed by atoms with Gasteiger partial charge in [0.1, 0.15) is 0 Å². The van der Waals surface area contributed by atoms with Crippen LogP contribution in [0.3, 0.4) is 0 Å². The maximum absolute atomic E-state index is 10.2. The molecule has 118 valence electrons. The van der Waals surface area contributed by atoms with Gasteiger partial charge in [-0.25, -0.2) is 4.98 Å². The van der Waals surface area contributed by atoms with E-state index in [0.717, 1.165) is 28.4 Å². The van der Waals surface area contributed by atoms with Crippen molar-refractivity contribution in [3.8, 4) is 0 Å².